The van der Waals surface area contributed by atoms with Gasteiger partial charge in [-0.15, -0.1) is 0 Å². The molecule has 7 heteroatoms. The number of nitrogens with zero attached hydrogens (tertiary/aromatic N) is 1. The lowest BCUT2D eigenvalue weighted by atomic mass is 9.97. The number of amides is 2. The number of carbonyl (C=O) groups is 1. The number of hydrogen-bond acceptors (Lipinski definition) is 2. The first-order valence-electron chi connectivity index (χ1n) is 7.92. The number of hydrogen-bond donors (Lipinski definition) is 2. The Balaban J connectivity index is 1.61. The van der Waals surface area contributed by atoms with Gasteiger partial charge in [-0.1, -0.05) is 12.2 Å². The van der Waals surface area contributed by atoms with Gasteiger partial charge in [0, 0.05) is 12.6 Å². The molecule has 22 heavy (non-hydrogen) atoms. The molecule has 1 atom stereocenters. The number of halogens is 3. The summed E-state index contributed by atoms with van der Waals surface area (Å²) in [5, 5.41) is 5.74. The van der Waals surface area contributed by atoms with Crippen LogP contribution in [0.2, 0.25) is 0 Å². The summed E-state index contributed by atoms with van der Waals surface area (Å²) >= 11 is 0. The van der Waals surface area contributed by atoms with Crippen LogP contribution in [0.5, 0.6) is 0 Å². The van der Waals surface area contributed by atoms with E-state index in [0.29, 0.717) is 32.5 Å². The molecule has 4 nitrogen and oxygen atoms in total. The summed E-state index contributed by atoms with van der Waals surface area (Å²) in [5.41, 5.74) is 0. The fraction of sp³-hybridized carbons (Fsp3) is 0.800. The van der Waals surface area contributed by atoms with E-state index >= 15 is 0 Å². The SMILES string of the molecule is O=C(NCC1CCN(CC(F)(F)F)CC1)N[C@H]1C=CCCC1. The van der Waals surface area contributed by atoms with Crippen molar-refractivity contribution in [2.24, 2.45) is 5.92 Å². The Bertz CT molecular complexity index is 390. The molecule has 1 aliphatic heterocycles. The predicted octanol–water partition coefficient (Wildman–Crippen LogP) is 2.67. The third-order valence-corrected chi connectivity index (χ3v) is 4.23. The maximum absolute atomic E-state index is 12.3. The highest BCUT2D eigenvalue weighted by atomic mass is 19.4. The Morgan fingerprint density at radius 1 is 1.23 bits per heavy atom. The molecule has 0 bridgehead atoms. The first kappa shape index (κ1) is 17.1. The van der Waals surface area contributed by atoms with E-state index in [9.17, 15) is 18.0 Å². The fourth-order valence-corrected chi connectivity index (χ4v) is 2.99. The first-order valence-corrected chi connectivity index (χ1v) is 7.92. The molecule has 126 valence electrons. The Kier molecular flexibility index (Phi) is 6.11. The van der Waals surface area contributed by atoms with Gasteiger partial charge in [0.2, 0.25) is 0 Å². The molecule has 0 aromatic rings. The first-order chi connectivity index (χ1) is 10.4. The number of likely N-dealkylation sites (tertiary alicyclic amines) is 1. The Morgan fingerprint density at radius 2 is 1.95 bits per heavy atom. The molecular formula is C15H24F3N3O. The largest absolute Gasteiger partial charge is 0.401 e. The summed E-state index contributed by atoms with van der Waals surface area (Å²) in [4.78, 5) is 13.2. The highest BCUT2D eigenvalue weighted by Crippen LogP contribution is 2.22. The van der Waals surface area contributed by atoms with Crippen molar-refractivity contribution in [3.05, 3.63) is 12.2 Å². The molecule has 2 aliphatic rings. The molecule has 0 aromatic heterocycles. The molecule has 0 unspecified atom stereocenters. The lowest BCUT2D eigenvalue weighted by Gasteiger charge is -2.32. The molecule has 2 rings (SSSR count). The third kappa shape index (κ3) is 6.25. The van der Waals surface area contributed by atoms with Crippen molar-refractivity contribution < 1.29 is 18.0 Å². The van der Waals surface area contributed by atoms with Crippen LogP contribution in [0.15, 0.2) is 12.2 Å². The van der Waals surface area contributed by atoms with E-state index in [2.05, 4.69) is 16.7 Å². The highest BCUT2D eigenvalue weighted by molar-refractivity contribution is 5.74. The normalized spacial score (nSPS) is 24.2. The fourth-order valence-electron chi connectivity index (χ4n) is 2.99. The van der Waals surface area contributed by atoms with Crippen LogP contribution >= 0.6 is 0 Å². The zero-order chi connectivity index (χ0) is 16.0. The van der Waals surface area contributed by atoms with Gasteiger partial charge in [0.1, 0.15) is 0 Å². The van der Waals surface area contributed by atoms with Gasteiger partial charge in [-0.25, -0.2) is 4.79 Å². The number of carbonyl (C=O) groups excluding carboxylic acids is 1. The molecule has 2 N–H and O–H groups in total. The average Bonchev–Trinajstić information content (AvgIpc) is 2.46. The van der Waals surface area contributed by atoms with Gasteiger partial charge in [0.15, 0.2) is 0 Å². The van der Waals surface area contributed by atoms with Gasteiger partial charge in [-0.3, -0.25) is 4.90 Å². The van der Waals surface area contributed by atoms with Crippen molar-refractivity contribution in [2.45, 2.75) is 44.3 Å². The van der Waals surface area contributed by atoms with Crippen LogP contribution in [-0.4, -0.2) is 49.3 Å². The van der Waals surface area contributed by atoms with E-state index in [-0.39, 0.29) is 18.0 Å². The molecule has 2 amide bonds. The second-order valence-corrected chi connectivity index (χ2v) is 6.15. The average molecular weight is 319 g/mol. The summed E-state index contributed by atoms with van der Waals surface area (Å²) < 4.78 is 36.9. The lowest BCUT2D eigenvalue weighted by molar-refractivity contribution is -0.148. The van der Waals surface area contributed by atoms with Gasteiger partial charge in [-0.2, -0.15) is 13.2 Å². The topological polar surface area (TPSA) is 44.4 Å². The van der Waals surface area contributed by atoms with Crippen LogP contribution in [0.1, 0.15) is 32.1 Å². The lowest BCUT2D eigenvalue weighted by Crippen LogP contribution is -2.46. The van der Waals surface area contributed by atoms with Gasteiger partial charge in [-0.05, 0) is 51.1 Å². The Labute approximate surface area is 129 Å². The summed E-state index contributed by atoms with van der Waals surface area (Å²) in [5.74, 6) is 0.261. The van der Waals surface area contributed by atoms with Crippen molar-refractivity contribution in [1.29, 1.82) is 0 Å². The van der Waals surface area contributed by atoms with Crippen molar-refractivity contribution in [1.82, 2.24) is 15.5 Å². The van der Waals surface area contributed by atoms with Crippen molar-refractivity contribution in [2.75, 3.05) is 26.2 Å². The Morgan fingerprint density at radius 3 is 2.55 bits per heavy atom. The van der Waals surface area contributed by atoms with Crippen LogP contribution in [-0.2, 0) is 0 Å². The van der Waals surface area contributed by atoms with E-state index in [1.54, 1.807) is 0 Å². The zero-order valence-electron chi connectivity index (χ0n) is 12.7. The van der Waals surface area contributed by atoms with Crippen molar-refractivity contribution in [3.8, 4) is 0 Å². The summed E-state index contributed by atoms with van der Waals surface area (Å²) in [7, 11) is 0. The maximum Gasteiger partial charge on any atom is 0.401 e. The zero-order valence-corrected chi connectivity index (χ0v) is 12.7. The molecule has 0 spiro atoms. The minimum atomic E-state index is -4.13. The third-order valence-electron chi connectivity index (χ3n) is 4.23. The summed E-state index contributed by atoms with van der Waals surface area (Å²) in [6.45, 7) is 0.585. The van der Waals surface area contributed by atoms with Crippen LogP contribution in [0.25, 0.3) is 0 Å². The molecule has 1 aliphatic carbocycles. The number of allylic oxidation sites excluding steroid dienone is 1. The number of urea groups is 1. The molecule has 0 aromatic carbocycles. The minimum absolute atomic E-state index is 0.0994. The van der Waals surface area contributed by atoms with Gasteiger partial charge < -0.3 is 10.6 Å². The number of piperidine rings is 1. The number of rotatable bonds is 4. The maximum atomic E-state index is 12.3. The molecule has 1 heterocycles. The van der Waals surface area contributed by atoms with Gasteiger partial charge in [0.25, 0.3) is 0 Å². The van der Waals surface area contributed by atoms with Crippen LogP contribution < -0.4 is 10.6 Å². The van der Waals surface area contributed by atoms with Crippen LogP contribution in [0, 0.1) is 5.92 Å². The standard InChI is InChI=1S/C15H24F3N3O/c16-15(17,18)11-21-8-6-12(7-9-21)10-19-14(22)20-13-4-2-1-3-5-13/h2,4,12-13H,1,3,5-11H2,(H2,19,20,22)/t13-/m0/s1. The van der Waals surface area contributed by atoms with E-state index in [0.717, 1.165) is 19.3 Å². The van der Waals surface area contributed by atoms with Crippen molar-refractivity contribution in [3.63, 3.8) is 0 Å². The van der Waals surface area contributed by atoms with Crippen LogP contribution in [0.4, 0.5) is 18.0 Å². The molecule has 1 saturated heterocycles. The number of nitrogens with one attached hydrogen (secondary N) is 2. The molecule has 0 saturated carbocycles. The Hall–Kier alpha value is -1.24. The second-order valence-electron chi connectivity index (χ2n) is 6.15. The van der Waals surface area contributed by atoms with Crippen molar-refractivity contribution >= 4 is 6.03 Å². The molecule has 0 radical (unpaired) electrons. The monoisotopic (exact) mass is 319 g/mol. The van der Waals surface area contributed by atoms with E-state index in [1.165, 1.54) is 4.90 Å². The molecule has 1 fully saturated rings. The van der Waals surface area contributed by atoms with Gasteiger partial charge in [0.05, 0.1) is 6.54 Å². The van der Waals surface area contributed by atoms with E-state index in [4.69, 9.17) is 0 Å². The number of alkyl halides is 3. The second kappa shape index (κ2) is 7.85. The van der Waals surface area contributed by atoms with Crippen LogP contribution in [0.3, 0.4) is 0 Å². The molecular weight excluding hydrogens is 295 g/mol. The smallest absolute Gasteiger partial charge is 0.338 e. The van der Waals surface area contributed by atoms with E-state index in [1.807, 2.05) is 6.08 Å². The van der Waals surface area contributed by atoms with Gasteiger partial charge >= 0.3 is 12.2 Å². The minimum Gasteiger partial charge on any atom is -0.338 e. The highest BCUT2D eigenvalue weighted by Gasteiger charge is 2.32. The van der Waals surface area contributed by atoms with E-state index < -0.39 is 12.7 Å². The summed E-state index contributed by atoms with van der Waals surface area (Å²) in [6, 6.07) is -0.0864. The predicted molar refractivity (Wildman–Crippen MR) is 78.5 cm³/mol. The quantitative estimate of drug-likeness (QED) is 0.783. The summed E-state index contributed by atoms with van der Waals surface area (Å²) in [6.07, 6.45) is 4.45.